The van der Waals surface area contributed by atoms with Crippen LogP contribution in [0.3, 0.4) is 0 Å². The molecule has 4 nitrogen and oxygen atoms in total. The number of alkyl halides is 2. The normalized spacial score (nSPS) is 25.2. The summed E-state index contributed by atoms with van der Waals surface area (Å²) in [4.78, 5) is 21.0. The van der Waals surface area contributed by atoms with Gasteiger partial charge in [-0.25, -0.2) is 8.78 Å². The molecule has 80 valence electrons. The van der Waals surface area contributed by atoms with Gasteiger partial charge in [-0.05, 0) is 12.3 Å². The topological polar surface area (TPSA) is 74.6 Å². The van der Waals surface area contributed by atoms with Crippen LogP contribution in [0.5, 0.6) is 0 Å². The molecule has 2 N–H and O–H groups in total. The first-order valence-electron chi connectivity index (χ1n) is 4.17. The Morgan fingerprint density at radius 2 is 1.79 bits per heavy atom. The van der Waals surface area contributed by atoms with Crippen LogP contribution in [0.25, 0.3) is 0 Å². The van der Waals surface area contributed by atoms with Gasteiger partial charge in [0.25, 0.3) is 0 Å². The largest absolute Gasteiger partial charge is 0.481 e. The van der Waals surface area contributed by atoms with E-state index in [1.54, 1.807) is 0 Å². The van der Waals surface area contributed by atoms with Crippen molar-refractivity contribution in [3.63, 3.8) is 0 Å². The minimum atomic E-state index is -2.91. The van der Waals surface area contributed by atoms with Crippen LogP contribution in [0.1, 0.15) is 19.3 Å². The molecule has 0 heterocycles. The van der Waals surface area contributed by atoms with Crippen molar-refractivity contribution in [3.05, 3.63) is 0 Å². The number of carboxylic acids is 2. The summed E-state index contributed by atoms with van der Waals surface area (Å²) in [5, 5.41) is 17.1. The predicted molar refractivity (Wildman–Crippen MR) is 41.0 cm³/mol. The summed E-state index contributed by atoms with van der Waals surface area (Å²) in [6.07, 6.45) is -1.11. The standard InChI is InChI=1S/C8H10F2O4/c9-8(10)2-1-4(3-8)5(6(11)12)7(13)14/h4-5H,1-3H2,(H,11,12)(H,13,14). The summed E-state index contributed by atoms with van der Waals surface area (Å²) in [7, 11) is 0. The van der Waals surface area contributed by atoms with Crippen molar-refractivity contribution < 1.29 is 28.6 Å². The number of rotatable bonds is 3. The molecular formula is C8H10F2O4. The summed E-state index contributed by atoms with van der Waals surface area (Å²) in [6.45, 7) is 0. The maximum absolute atomic E-state index is 12.7. The molecule has 0 radical (unpaired) electrons. The van der Waals surface area contributed by atoms with Crippen molar-refractivity contribution in [1.29, 1.82) is 0 Å². The van der Waals surface area contributed by atoms with Crippen LogP contribution in [0, 0.1) is 11.8 Å². The number of carboxylic acid groups (broad SMARTS) is 2. The van der Waals surface area contributed by atoms with Crippen molar-refractivity contribution >= 4 is 11.9 Å². The monoisotopic (exact) mass is 208 g/mol. The van der Waals surface area contributed by atoms with Gasteiger partial charge in [-0.3, -0.25) is 9.59 Å². The highest BCUT2D eigenvalue weighted by Gasteiger charge is 2.47. The molecule has 1 unspecified atom stereocenters. The Morgan fingerprint density at radius 3 is 2.07 bits per heavy atom. The van der Waals surface area contributed by atoms with Crippen LogP contribution >= 0.6 is 0 Å². The Labute approximate surface area is 78.5 Å². The Kier molecular flexibility index (Phi) is 2.73. The third-order valence-electron chi connectivity index (χ3n) is 2.45. The van der Waals surface area contributed by atoms with E-state index in [2.05, 4.69) is 0 Å². The Bertz CT molecular complexity index is 250. The quantitative estimate of drug-likeness (QED) is 0.683. The van der Waals surface area contributed by atoms with E-state index >= 15 is 0 Å². The Balaban J connectivity index is 2.73. The van der Waals surface area contributed by atoms with Crippen LogP contribution < -0.4 is 0 Å². The fourth-order valence-electron chi connectivity index (χ4n) is 1.78. The lowest BCUT2D eigenvalue weighted by atomic mass is 9.91. The van der Waals surface area contributed by atoms with Gasteiger partial charge in [-0.15, -0.1) is 0 Å². The zero-order valence-electron chi connectivity index (χ0n) is 7.24. The van der Waals surface area contributed by atoms with E-state index in [9.17, 15) is 18.4 Å². The van der Waals surface area contributed by atoms with E-state index in [-0.39, 0.29) is 6.42 Å². The van der Waals surface area contributed by atoms with Gasteiger partial charge in [0.1, 0.15) is 0 Å². The highest BCUT2D eigenvalue weighted by atomic mass is 19.3. The molecule has 0 saturated heterocycles. The van der Waals surface area contributed by atoms with E-state index in [4.69, 9.17) is 10.2 Å². The molecule has 0 spiro atoms. The molecule has 0 aromatic rings. The molecule has 1 atom stereocenters. The molecule has 1 fully saturated rings. The maximum Gasteiger partial charge on any atom is 0.318 e. The summed E-state index contributed by atoms with van der Waals surface area (Å²) in [5.41, 5.74) is 0. The van der Waals surface area contributed by atoms with Crippen molar-refractivity contribution in [2.24, 2.45) is 11.8 Å². The lowest BCUT2D eigenvalue weighted by molar-refractivity contribution is -0.157. The molecule has 6 heteroatoms. The van der Waals surface area contributed by atoms with Gasteiger partial charge in [-0.1, -0.05) is 0 Å². The van der Waals surface area contributed by atoms with E-state index in [1.165, 1.54) is 0 Å². The van der Waals surface area contributed by atoms with Gasteiger partial charge in [0.15, 0.2) is 5.92 Å². The van der Waals surface area contributed by atoms with E-state index in [0.717, 1.165) is 0 Å². The lowest BCUT2D eigenvalue weighted by Crippen LogP contribution is -2.30. The third-order valence-corrected chi connectivity index (χ3v) is 2.45. The zero-order chi connectivity index (χ0) is 10.9. The average molecular weight is 208 g/mol. The third kappa shape index (κ3) is 2.18. The van der Waals surface area contributed by atoms with Crippen molar-refractivity contribution in [2.75, 3.05) is 0 Å². The second-order valence-electron chi connectivity index (χ2n) is 3.51. The van der Waals surface area contributed by atoms with Gasteiger partial charge in [0.05, 0.1) is 0 Å². The highest BCUT2D eigenvalue weighted by Crippen LogP contribution is 2.42. The fraction of sp³-hybridized carbons (Fsp3) is 0.750. The van der Waals surface area contributed by atoms with Crippen LogP contribution in [0.2, 0.25) is 0 Å². The van der Waals surface area contributed by atoms with E-state index in [0.29, 0.717) is 0 Å². The highest BCUT2D eigenvalue weighted by molar-refractivity contribution is 5.93. The number of hydrogen-bond acceptors (Lipinski definition) is 2. The number of halogens is 2. The van der Waals surface area contributed by atoms with Gasteiger partial charge >= 0.3 is 11.9 Å². The minimum Gasteiger partial charge on any atom is -0.481 e. The first-order chi connectivity index (χ1) is 6.33. The molecule has 0 aromatic heterocycles. The predicted octanol–water partition coefficient (Wildman–Crippen LogP) is 1.21. The number of carbonyl (C=O) groups is 2. The molecule has 1 aliphatic carbocycles. The Hall–Kier alpha value is -1.20. The average Bonchev–Trinajstić information content (AvgIpc) is 2.28. The summed E-state index contributed by atoms with van der Waals surface area (Å²) < 4.78 is 25.4. The smallest absolute Gasteiger partial charge is 0.318 e. The van der Waals surface area contributed by atoms with Crippen molar-refractivity contribution in [2.45, 2.75) is 25.2 Å². The molecule has 0 amide bonds. The molecule has 1 aliphatic rings. The SMILES string of the molecule is O=C(O)C(C(=O)O)C1CCC(F)(F)C1. The molecule has 14 heavy (non-hydrogen) atoms. The Morgan fingerprint density at radius 1 is 1.29 bits per heavy atom. The first kappa shape index (κ1) is 10.9. The summed E-state index contributed by atoms with van der Waals surface area (Å²) in [6, 6.07) is 0. The molecule has 0 aliphatic heterocycles. The molecule has 0 aromatic carbocycles. The van der Waals surface area contributed by atoms with E-state index in [1.807, 2.05) is 0 Å². The number of aliphatic carboxylic acids is 2. The molecule has 0 bridgehead atoms. The fourth-order valence-corrected chi connectivity index (χ4v) is 1.78. The molecule has 1 rings (SSSR count). The van der Waals surface area contributed by atoms with Crippen LogP contribution in [0.15, 0.2) is 0 Å². The second-order valence-corrected chi connectivity index (χ2v) is 3.51. The van der Waals surface area contributed by atoms with Gasteiger partial charge < -0.3 is 10.2 Å². The van der Waals surface area contributed by atoms with Gasteiger partial charge in [-0.2, -0.15) is 0 Å². The minimum absolute atomic E-state index is 0.0454. The first-order valence-corrected chi connectivity index (χ1v) is 4.17. The summed E-state index contributed by atoms with van der Waals surface area (Å²) in [5.74, 6) is -8.66. The molecular weight excluding hydrogens is 198 g/mol. The van der Waals surface area contributed by atoms with Crippen molar-refractivity contribution in [1.82, 2.24) is 0 Å². The van der Waals surface area contributed by atoms with Gasteiger partial charge in [0.2, 0.25) is 5.92 Å². The van der Waals surface area contributed by atoms with Crippen molar-refractivity contribution in [3.8, 4) is 0 Å². The van der Waals surface area contributed by atoms with Crippen LogP contribution in [-0.4, -0.2) is 28.1 Å². The number of hydrogen-bond donors (Lipinski definition) is 2. The van der Waals surface area contributed by atoms with Crippen LogP contribution in [-0.2, 0) is 9.59 Å². The van der Waals surface area contributed by atoms with E-state index < -0.39 is 42.5 Å². The summed E-state index contributed by atoms with van der Waals surface area (Å²) >= 11 is 0. The second kappa shape index (κ2) is 3.51. The van der Waals surface area contributed by atoms with Gasteiger partial charge in [0, 0.05) is 12.8 Å². The zero-order valence-corrected chi connectivity index (χ0v) is 7.24. The lowest BCUT2D eigenvalue weighted by Gasteiger charge is -2.14. The molecule has 1 saturated carbocycles. The van der Waals surface area contributed by atoms with Crippen LogP contribution in [0.4, 0.5) is 8.78 Å². The maximum atomic E-state index is 12.7.